The smallest absolute Gasteiger partial charge is 0.307 e. The van der Waals surface area contributed by atoms with E-state index in [0.29, 0.717) is 12.6 Å². The largest absolute Gasteiger partial charge is 0.481 e. The standard InChI is InChI=1S/C7H13NO2/c1-5-2-3-6(4-8-5)7(9)10/h5-6,8H,2-4H2,1H3,(H,9,10)/t5-,6-/m0/s1. The zero-order valence-corrected chi connectivity index (χ0v) is 6.13. The van der Waals surface area contributed by atoms with Crippen LogP contribution in [0.15, 0.2) is 0 Å². The number of nitrogens with one attached hydrogen (secondary N) is 1. The zero-order valence-electron chi connectivity index (χ0n) is 6.13. The lowest BCUT2D eigenvalue weighted by molar-refractivity contribution is -0.142. The van der Waals surface area contributed by atoms with Crippen LogP contribution < -0.4 is 5.32 Å². The number of hydrogen-bond donors (Lipinski definition) is 2. The van der Waals surface area contributed by atoms with E-state index in [-0.39, 0.29) is 5.92 Å². The molecule has 0 bridgehead atoms. The van der Waals surface area contributed by atoms with Crippen LogP contribution in [0.3, 0.4) is 0 Å². The summed E-state index contributed by atoms with van der Waals surface area (Å²) in [7, 11) is 0. The molecule has 2 N–H and O–H groups in total. The quantitative estimate of drug-likeness (QED) is 0.560. The predicted molar refractivity (Wildman–Crippen MR) is 37.8 cm³/mol. The maximum Gasteiger partial charge on any atom is 0.307 e. The number of rotatable bonds is 1. The molecule has 0 unspecified atom stereocenters. The summed E-state index contributed by atoms with van der Waals surface area (Å²) in [5.41, 5.74) is 0. The summed E-state index contributed by atoms with van der Waals surface area (Å²) < 4.78 is 0. The van der Waals surface area contributed by atoms with E-state index in [1.807, 2.05) is 0 Å². The van der Waals surface area contributed by atoms with Gasteiger partial charge in [0.05, 0.1) is 5.92 Å². The minimum Gasteiger partial charge on any atom is -0.481 e. The van der Waals surface area contributed by atoms with Crippen LogP contribution in [-0.2, 0) is 4.79 Å². The molecule has 3 nitrogen and oxygen atoms in total. The molecule has 1 aliphatic heterocycles. The number of carbonyl (C=O) groups is 1. The summed E-state index contributed by atoms with van der Waals surface area (Å²) in [6, 6.07) is 0.496. The van der Waals surface area contributed by atoms with E-state index in [1.165, 1.54) is 0 Å². The van der Waals surface area contributed by atoms with Crippen LogP contribution >= 0.6 is 0 Å². The second kappa shape index (κ2) is 3.01. The van der Waals surface area contributed by atoms with Crippen molar-refractivity contribution in [1.29, 1.82) is 0 Å². The SMILES string of the molecule is C[C@H]1CC[C@H](C(=O)O)CN1. The van der Waals surface area contributed by atoms with E-state index < -0.39 is 5.97 Å². The highest BCUT2D eigenvalue weighted by atomic mass is 16.4. The molecule has 0 spiro atoms. The van der Waals surface area contributed by atoms with Crippen LogP contribution in [0, 0.1) is 5.92 Å². The molecule has 0 aliphatic carbocycles. The number of carboxylic acid groups (broad SMARTS) is 1. The molecule has 0 amide bonds. The number of piperidine rings is 1. The van der Waals surface area contributed by atoms with Crippen LogP contribution in [0.25, 0.3) is 0 Å². The average molecular weight is 143 g/mol. The highest BCUT2D eigenvalue weighted by molar-refractivity contribution is 5.70. The van der Waals surface area contributed by atoms with Gasteiger partial charge >= 0.3 is 5.97 Å². The zero-order chi connectivity index (χ0) is 7.56. The minimum atomic E-state index is -0.667. The van der Waals surface area contributed by atoms with Gasteiger partial charge in [0.25, 0.3) is 0 Å². The van der Waals surface area contributed by atoms with Crippen LogP contribution in [0.4, 0.5) is 0 Å². The molecule has 1 rings (SSSR count). The molecule has 0 aromatic rings. The van der Waals surface area contributed by atoms with Crippen molar-refractivity contribution in [2.24, 2.45) is 5.92 Å². The van der Waals surface area contributed by atoms with Gasteiger partial charge in [0.1, 0.15) is 0 Å². The van der Waals surface area contributed by atoms with Gasteiger partial charge in [-0.1, -0.05) is 0 Å². The summed E-state index contributed by atoms with van der Waals surface area (Å²) in [5.74, 6) is -0.824. The van der Waals surface area contributed by atoms with Gasteiger partial charge in [-0.25, -0.2) is 0 Å². The monoisotopic (exact) mass is 143 g/mol. The lowest BCUT2D eigenvalue weighted by Gasteiger charge is -2.24. The van der Waals surface area contributed by atoms with E-state index >= 15 is 0 Å². The normalized spacial score (nSPS) is 33.7. The maximum absolute atomic E-state index is 10.4. The van der Waals surface area contributed by atoms with Gasteiger partial charge < -0.3 is 10.4 Å². The van der Waals surface area contributed by atoms with Crippen LogP contribution in [-0.4, -0.2) is 23.7 Å². The third kappa shape index (κ3) is 1.70. The fourth-order valence-electron chi connectivity index (χ4n) is 1.21. The van der Waals surface area contributed by atoms with Gasteiger partial charge in [-0.2, -0.15) is 0 Å². The Balaban J connectivity index is 2.33. The van der Waals surface area contributed by atoms with Crippen molar-refractivity contribution in [2.75, 3.05) is 6.54 Å². The molecule has 0 saturated carbocycles. The second-order valence-electron chi connectivity index (χ2n) is 2.92. The summed E-state index contributed by atoms with van der Waals surface area (Å²) >= 11 is 0. The molecule has 3 heteroatoms. The molecular formula is C7H13NO2. The topological polar surface area (TPSA) is 49.3 Å². The lowest BCUT2D eigenvalue weighted by atomic mass is 9.96. The van der Waals surface area contributed by atoms with Gasteiger partial charge in [-0.15, -0.1) is 0 Å². The average Bonchev–Trinajstić information content (AvgIpc) is 1.88. The summed E-state index contributed by atoms with van der Waals surface area (Å²) in [6.07, 6.45) is 1.81. The van der Waals surface area contributed by atoms with Crippen molar-refractivity contribution in [1.82, 2.24) is 5.32 Å². The third-order valence-electron chi connectivity index (χ3n) is 2.01. The van der Waals surface area contributed by atoms with Crippen molar-refractivity contribution in [3.63, 3.8) is 0 Å². The first-order valence-electron chi connectivity index (χ1n) is 3.66. The molecule has 10 heavy (non-hydrogen) atoms. The Morgan fingerprint density at radius 3 is 2.70 bits per heavy atom. The number of carboxylic acids is 1. The van der Waals surface area contributed by atoms with E-state index in [4.69, 9.17) is 5.11 Å². The van der Waals surface area contributed by atoms with Gasteiger partial charge in [0.15, 0.2) is 0 Å². The molecule has 0 aromatic carbocycles. The van der Waals surface area contributed by atoms with Gasteiger partial charge in [0.2, 0.25) is 0 Å². The van der Waals surface area contributed by atoms with Gasteiger partial charge in [-0.05, 0) is 19.8 Å². The summed E-state index contributed by atoms with van der Waals surface area (Å²) in [6.45, 7) is 2.72. The molecular weight excluding hydrogens is 130 g/mol. The Hall–Kier alpha value is -0.570. The van der Waals surface area contributed by atoms with Crippen molar-refractivity contribution in [2.45, 2.75) is 25.8 Å². The Labute approximate surface area is 60.4 Å². The van der Waals surface area contributed by atoms with Crippen molar-refractivity contribution in [3.8, 4) is 0 Å². The summed E-state index contributed by atoms with van der Waals surface area (Å²) in [5, 5.41) is 11.7. The van der Waals surface area contributed by atoms with Crippen LogP contribution in [0.5, 0.6) is 0 Å². The van der Waals surface area contributed by atoms with E-state index in [9.17, 15) is 4.79 Å². The first kappa shape index (κ1) is 7.54. The minimum absolute atomic E-state index is 0.156. The Bertz CT molecular complexity index is 128. The Morgan fingerprint density at radius 2 is 2.30 bits per heavy atom. The third-order valence-corrected chi connectivity index (χ3v) is 2.01. The van der Waals surface area contributed by atoms with Gasteiger partial charge in [0, 0.05) is 12.6 Å². The van der Waals surface area contributed by atoms with Crippen molar-refractivity contribution in [3.05, 3.63) is 0 Å². The molecule has 1 aliphatic rings. The lowest BCUT2D eigenvalue weighted by Crippen LogP contribution is -2.39. The molecule has 0 radical (unpaired) electrons. The predicted octanol–water partition coefficient (Wildman–Crippen LogP) is 0.459. The number of aliphatic carboxylic acids is 1. The van der Waals surface area contributed by atoms with Crippen molar-refractivity contribution < 1.29 is 9.90 Å². The Kier molecular flexibility index (Phi) is 2.27. The van der Waals surface area contributed by atoms with Gasteiger partial charge in [-0.3, -0.25) is 4.79 Å². The van der Waals surface area contributed by atoms with Crippen LogP contribution in [0.1, 0.15) is 19.8 Å². The van der Waals surface area contributed by atoms with E-state index in [0.717, 1.165) is 12.8 Å². The fraction of sp³-hybridized carbons (Fsp3) is 0.857. The van der Waals surface area contributed by atoms with Crippen LogP contribution in [0.2, 0.25) is 0 Å². The molecule has 1 saturated heterocycles. The molecule has 1 fully saturated rings. The summed E-state index contributed by atoms with van der Waals surface area (Å²) in [4.78, 5) is 10.4. The second-order valence-corrected chi connectivity index (χ2v) is 2.92. The molecule has 58 valence electrons. The fourth-order valence-corrected chi connectivity index (χ4v) is 1.21. The Morgan fingerprint density at radius 1 is 1.60 bits per heavy atom. The highest BCUT2D eigenvalue weighted by Crippen LogP contribution is 2.13. The molecule has 0 aromatic heterocycles. The molecule has 1 heterocycles. The maximum atomic E-state index is 10.4. The van der Waals surface area contributed by atoms with E-state index in [1.54, 1.807) is 0 Å². The first-order chi connectivity index (χ1) is 4.70. The number of hydrogen-bond acceptors (Lipinski definition) is 2. The highest BCUT2D eigenvalue weighted by Gasteiger charge is 2.22. The molecule has 2 atom stereocenters. The van der Waals surface area contributed by atoms with Crippen molar-refractivity contribution >= 4 is 5.97 Å². The van der Waals surface area contributed by atoms with E-state index in [2.05, 4.69) is 12.2 Å². The first-order valence-corrected chi connectivity index (χ1v) is 3.66.